The van der Waals surface area contributed by atoms with Gasteiger partial charge in [0, 0.05) is 75.8 Å². The third kappa shape index (κ3) is 8.10. The molecule has 10 nitrogen and oxygen atoms in total. The highest BCUT2D eigenvalue weighted by Crippen LogP contribution is 2.48. The third-order valence-electron chi connectivity index (χ3n) is 21.6. The van der Waals surface area contributed by atoms with Gasteiger partial charge in [0.15, 0.2) is 0 Å². The lowest BCUT2D eigenvalue weighted by atomic mass is 9.94. The Morgan fingerprint density at radius 1 is 0.173 bits per heavy atom. The molecular formula is C94H52N10. The van der Waals surface area contributed by atoms with E-state index in [4.69, 9.17) is 0 Å². The molecule has 104 heavy (non-hydrogen) atoms. The third-order valence-corrected chi connectivity index (χ3v) is 21.6. The molecule has 0 fully saturated rings. The molecule has 0 atom stereocenters. The van der Waals surface area contributed by atoms with E-state index in [0.717, 1.165) is 170 Å². The molecule has 0 amide bonds. The highest BCUT2D eigenvalue weighted by atomic mass is 15.1. The van der Waals surface area contributed by atoms with Crippen molar-refractivity contribution in [1.29, 1.82) is 21.0 Å². The molecule has 0 spiro atoms. The maximum atomic E-state index is 12.1. The van der Waals surface area contributed by atoms with Crippen LogP contribution in [0.4, 0.5) is 0 Å². The number of nitriles is 4. The highest BCUT2D eigenvalue weighted by molar-refractivity contribution is 6.19. The Labute approximate surface area is 594 Å². The predicted molar refractivity (Wildman–Crippen MR) is 422 cm³/mol. The minimum absolute atomic E-state index is 0.380. The summed E-state index contributed by atoms with van der Waals surface area (Å²) < 4.78 is 13.5. The molecule has 0 saturated carbocycles. The molecule has 0 aliphatic rings. The van der Waals surface area contributed by atoms with Crippen molar-refractivity contribution >= 4 is 131 Å². The van der Waals surface area contributed by atoms with Crippen molar-refractivity contribution in [1.82, 2.24) is 27.4 Å². The summed E-state index contributed by atoms with van der Waals surface area (Å²) in [4.78, 5) is 0. The van der Waals surface area contributed by atoms with E-state index in [9.17, 15) is 21.0 Å². The van der Waals surface area contributed by atoms with Crippen molar-refractivity contribution in [2.45, 2.75) is 0 Å². The van der Waals surface area contributed by atoms with E-state index in [1.807, 2.05) is 36.4 Å². The van der Waals surface area contributed by atoms with Crippen molar-refractivity contribution in [2.24, 2.45) is 0 Å². The Balaban J connectivity index is 0.816. The average molecular weight is 1320 g/mol. The van der Waals surface area contributed by atoms with E-state index in [-0.39, 0.29) is 0 Å². The van der Waals surface area contributed by atoms with E-state index < -0.39 is 0 Å². The molecule has 6 heterocycles. The zero-order chi connectivity index (χ0) is 69.0. The number of hydrogen-bond donors (Lipinski definition) is 0. The summed E-state index contributed by atoms with van der Waals surface area (Å²) in [7, 11) is 0. The van der Waals surface area contributed by atoms with Gasteiger partial charge in [0.05, 0.1) is 123 Å². The van der Waals surface area contributed by atoms with Crippen LogP contribution >= 0.6 is 0 Å². The van der Waals surface area contributed by atoms with Crippen LogP contribution in [-0.2, 0) is 0 Å². The van der Waals surface area contributed by atoms with Gasteiger partial charge in [-0.05, 0) is 126 Å². The number of para-hydroxylation sites is 10. The van der Waals surface area contributed by atoms with E-state index in [1.54, 1.807) is 6.07 Å². The van der Waals surface area contributed by atoms with Gasteiger partial charge in [-0.15, -0.1) is 0 Å². The van der Waals surface area contributed by atoms with E-state index in [1.165, 1.54) is 0 Å². The molecule has 478 valence electrons. The van der Waals surface area contributed by atoms with Crippen molar-refractivity contribution in [3.8, 4) is 80.7 Å². The van der Waals surface area contributed by atoms with Crippen LogP contribution in [0.25, 0.3) is 187 Å². The van der Waals surface area contributed by atoms with Gasteiger partial charge in [-0.1, -0.05) is 200 Å². The predicted octanol–water partition coefficient (Wildman–Crippen LogP) is 23.1. The van der Waals surface area contributed by atoms with Crippen molar-refractivity contribution < 1.29 is 0 Å². The second-order valence-corrected chi connectivity index (χ2v) is 26.7. The van der Waals surface area contributed by atoms with Gasteiger partial charge in [-0.25, -0.2) is 0 Å². The van der Waals surface area contributed by atoms with Crippen LogP contribution in [0.1, 0.15) is 22.3 Å². The lowest BCUT2D eigenvalue weighted by molar-refractivity contribution is 1.11. The van der Waals surface area contributed by atoms with Crippen LogP contribution in [0.5, 0.6) is 0 Å². The first-order chi connectivity index (χ1) is 51.5. The number of benzene rings is 15. The summed E-state index contributed by atoms with van der Waals surface area (Å²) in [5, 5.41) is 58.6. The van der Waals surface area contributed by atoms with Crippen LogP contribution < -0.4 is 0 Å². The van der Waals surface area contributed by atoms with Gasteiger partial charge in [-0.2, -0.15) is 21.0 Å². The minimum atomic E-state index is 0.380. The van der Waals surface area contributed by atoms with Crippen LogP contribution in [-0.4, -0.2) is 27.4 Å². The minimum Gasteiger partial charge on any atom is -0.309 e. The van der Waals surface area contributed by atoms with Gasteiger partial charge in [0.25, 0.3) is 0 Å². The molecule has 0 unspecified atom stereocenters. The fourth-order valence-electron chi connectivity index (χ4n) is 17.3. The van der Waals surface area contributed by atoms with Crippen molar-refractivity contribution in [2.75, 3.05) is 0 Å². The maximum Gasteiger partial charge on any atom is 0.101 e. The Bertz CT molecular complexity index is 7340. The van der Waals surface area contributed by atoms with Crippen LogP contribution in [0.2, 0.25) is 0 Å². The number of rotatable bonds is 8. The fraction of sp³-hybridized carbons (Fsp3) is 0. The second-order valence-electron chi connectivity index (χ2n) is 26.7. The van der Waals surface area contributed by atoms with Crippen LogP contribution in [0.3, 0.4) is 0 Å². The Kier molecular flexibility index (Phi) is 12.4. The Hall–Kier alpha value is -14.9. The van der Waals surface area contributed by atoms with Gasteiger partial charge in [0.2, 0.25) is 0 Å². The zero-order valence-electron chi connectivity index (χ0n) is 55.5. The molecule has 0 aliphatic heterocycles. The normalized spacial score (nSPS) is 11.8. The molecule has 21 rings (SSSR count). The molecule has 21 aromatic rings. The van der Waals surface area contributed by atoms with Gasteiger partial charge < -0.3 is 27.4 Å². The average Bonchev–Trinajstić information content (AvgIpc) is 1.53. The lowest BCUT2D eigenvalue weighted by Gasteiger charge is -2.23. The molecule has 0 radical (unpaired) electrons. The first kappa shape index (κ1) is 58.1. The summed E-state index contributed by atoms with van der Waals surface area (Å²) in [5.74, 6) is 0. The lowest BCUT2D eigenvalue weighted by Crippen LogP contribution is -2.07. The van der Waals surface area contributed by atoms with Crippen LogP contribution in [0, 0.1) is 45.3 Å². The van der Waals surface area contributed by atoms with E-state index in [0.29, 0.717) is 39.3 Å². The maximum absolute atomic E-state index is 12.1. The van der Waals surface area contributed by atoms with Crippen molar-refractivity contribution in [3.63, 3.8) is 0 Å². The molecule has 0 N–H and O–H groups in total. The second kappa shape index (κ2) is 22.3. The molecule has 15 aromatic carbocycles. The molecule has 0 bridgehead atoms. The first-order valence-corrected chi connectivity index (χ1v) is 34.6. The van der Waals surface area contributed by atoms with E-state index >= 15 is 0 Å². The quantitative estimate of drug-likeness (QED) is 0.150. The monoisotopic (exact) mass is 1320 g/mol. The molecule has 0 aliphatic carbocycles. The number of nitrogens with zero attached hydrogens (tertiary/aromatic N) is 10. The Morgan fingerprint density at radius 3 is 0.740 bits per heavy atom. The standard InChI is InChI=1S/C94H52N10/c95-53-58-46-59(54-96)89(50-88(58)99-76-33-11-1-22-63(76)64-23-2-12-34-77(64)99)101-84-41-19-9-30-71(84)73-47-57(44-45-86(73)101)62-32-21-43-87-94(62)72-31-10-20-42-85(72)104(87)91-52-93(103-82-39-17-7-28-69(82)70-29-8-18-40-83(70)103)75(49-61(91)56-98)74-48-60(55-97)90(100-78-35-13-3-24-65(78)66-25-4-14-36-79(66)100)51-92(74)102-80-37-15-5-26-67(80)68-27-6-16-38-81(68)102/h1-52H. The smallest absolute Gasteiger partial charge is 0.101 e. The van der Waals surface area contributed by atoms with Crippen LogP contribution in [0.15, 0.2) is 315 Å². The molecule has 10 heteroatoms. The van der Waals surface area contributed by atoms with Gasteiger partial charge in [-0.3, -0.25) is 0 Å². The fourth-order valence-corrected chi connectivity index (χ4v) is 17.3. The number of fused-ring (bicyclic) bond motifs is 18. The summed E-state index contributed by atoms with van der Waals surface area (Å²) in [6.07, 6.45) is 0. The van der Waals surface area contributed by atoms with E-state index in [2.05, 4.69) is 325 Å². The molecule has 6 aromatic heterocycles. The highest BCUT2D eigenvalue weighted by Gasteiger charge is 2.29. The number of aromatic nitrogens is 6. The van der Waals surface area contributed by atoms with Gasteiger partial charge >= 0.3 is 0 Å². The summed E-state index contributed by atoms with van der Waals surface area (Å²) in [6.45, 7) is 0. The summed E-state index contributed by atoms with van der Waals surface area (Å²) in [5.41, 5.74) is 21.1. The Morgan fingerprint density at radius 2 is 0.413 bits per heavy atom. The summed E-state index contributed by atoms with van der Waals surface area (Å²) in [6, 6.07) is 120. The zero-order valence-corrected chi connectivity index (χ0v) is 55.5. The summed E-state index contributed by atoms with van der Waals surface area (Å²) >= 11 is 0. The SMILES string of the molecule is N#Cc1cc(C#N)c(-n2c3ccccc3c3cc(-c4cccc5c4c4ccccc4n5-c4cc(-n5c6ccccc6c6ccccc65)c(-c5cc(C#N)c(-n6c7ccccc7c7ccccc76)cc5-n5c6ccccc6c6ccccc65)cc4C#N)ccc32)cc1-n1c2ccccc2c2ccccc21. The topological polar surface area (TPSA) is 125 Å². The molecular weight excluding hydrogens is 1270 g/mol. The first-order valence-electron chi connectivity index (χ1n) is 34.6. The largest absolute Gasteiger partial charge is 0.309 e. The van der Waals surface area contributed by atoms with Gasteiger partial charge in [0.1, 0.15) is 24.3 Å². The van der Waals surface area contributed by atoms with Crippen molar-refractivity contribution in [3.05, 3.63) is 338 Å². The molecule has 0 saturated heterocycles. The number of hydrogen-bond acceptors (Lipinski definition) is 4.